The fraction of sp³-hybridized carbons (Fsp3) is 0.500. The number of nitrogens with zero attached hydrogens (tertiary/aromatic N) is 2. The molecule has 2 aliphatic rings. The summed E-state index contributed by atoms with van der Waals surface area (Å²) in [6.07, 6.45) is 5.84. The first kappa shape index (κ1) is 14.8. The van der Waals surface area contributed by atoms with E-state index in [2.05, 4.69) is 25.9 Å². The molecular weight excluding hydrogens is 374 g/mol. The molecule has 1 aromatic heterocycles. The van der Waals surface area contributed by atoms with Gasteiger partial charge in [-0.2, -0.15) is 0 Å². The van der Waals surface area contributed by atoms with Gasteiger partial charge in [-0.25, -0.2) is 18.7 Å². The summed E-state index contributed by atoms with van der Waals surface area (Å²) in [4.78, 5) is 8.31. The number of hydrogen-bond donors (Lipinski definition) is 0. The average molecular weight is 388 g/mol. The molecule has 0 aliphatic heterocycles. The third kappa shape index (κ3) is 2.33. The van der Waals surface area contributed by atoms with Gasteiger partial charge in [-0.1, -0.05) is 12.8 Å². The summed E-state index contributed by atoms with van der Waals surface area (Å²) in [6, 6.07) is 1.32. The third-order valence-corrected chi connectivity index (χ3v) is 6.00. The van der Waals surface area contributed by atoms with Crippen molar-refractivity contribution in [1.82, 2.24) is 9.97 Å². The zero-order valence-electron chi connectivity index (χ0n) is 11.8. The highest BCUT2D eigenvalue weighted by atomic mass is 79.9. The Morgan fingerprint density at radius 3 is 2.45 bits per heavy atom. The van der Waals surface area contributed by atoms with E-state index in [4.69, 9.17) is 11.6 Å². The smallest absolute Gasteiger partial charge is 0.222 e. The summed E-state index contributed by atoms with van der Waals surface area (Å²) in [5, 5.41) is 0.478. The molecule has 0 amide bonds. The Labute approximate surface area is 140 Å². The molecule has 2 atom stereocenters. The molecule has 2 aliphatic carbocycles. The van der Waals surface area contributed by atoms with Gasteiger partial charge in [-0.15, -0.1) is 0 Å². The van der Waals surface area contributed by atoms with Crippen LogP contribution < -0.4 is 0 Å². The molecule has 2 saturated carbocycles. The van der Waals surface area contributed by atoms with Gasteiger partial charge in [-0.05, 0) is 64.7 Å². The van der Waals surface area contributed by atoms with Crippen LogP contribution >= 0.6 is 27.5 Å². The highest BCUT2D eigenvalue weighted by Gasteiger charge is 2.36. The first-order valence-electron chi connectivity index (χ1n) is 7.53. The Morgan fingerprint density at radius 1 is 1.09 bits per heavy atom. The molecule has 0 N–H and O–H groups in total. The topological polar surface area (TPSA) is 25.8 Å². The lowest BCUT2D eigenvalue weighted by Gasteiger charge is -2.28. The van der Waals surface area contributed by atoms with Gasteiger partial charge in [-0.3, -0.25) is 0 Å². The molecule has 2 bridgehead atoms. The molecule has 4 rings (SSSR count). The van der Waals surface area contributed by atoms with Crippen LogP contribution in [-0.4, -0.2) is 9.97 Å². The van der Waals surface area contributed by atoms with E-state index in [-0.39, 0.29) is 21.2 Å². The van der Waals surface area contributed by atoms with Crippen molar-refractivity contribution in [3.63, 3.8) is 0 Å². The maximum atomic E-state index is 14.3. The number of benzene rings is 1. The summed E-state index contributed by atoms with van der Waals surface area (Å²) in [5.41, 5.74) is 0.804. The Morgan fingerprint density at radius 2 is 1.77 bits per heavy atom. The van der Waals surface area contributed by atoms with Crippen molar-refractivity contribution in [3.05, 3.63) is 33.2 Å². The molecule has 2 fully saturated rings. The van der Waals surface area contributed by atoms with Crippen LogP contribution in [0, 0.1) is 23.5 Å². The zero-order valence-corrected chi connectivity index (χ0v) is 14.1. The summed E-state index contributed by atoms with van der Waals surface area (Å²) in [7, 11) is 0. The van der Waals surface area contributed by atoms with E-state index in [1.54, 1.807) is 0 Å². The standard InChI is InChI=1S/C16H14BrClF2N2/c17-12-11(19)6-10-14(21-16(18)22-15(10)13(12)20)9-4-7-1-2-8(3-7)5-9/h6-9H,1-5H2. The lowest BCUT2D eigenvalue weighted by Crippen LogP contribution is -2.16. The number of hydrogen-bond acceptors (Lipinski definition) is 2. The Hall–Kier alpha value is -0.810. The van der Waals surface area contributed by atoms with Crippen LogP contribution in [0.1, 0.15) is 43.7 Å². The van der Waals surface area contributed by atoms with Crippen molar-refractivity contribution in [2.45, 2.75) is 38.0 Å². The van der Waals surface area contributed by atoms with E-state index in [1.165, 1.54) is 25.3 Å². The van der Waals surface area contributed by atoms with Crippen LogP contribution in [0.25, 0.3) is 10.9 Å². The van der Waals surface area contributed by atoms with Gasteiger partial charge in [0.25, 0.3) is 0 Å². The molecule has 2 unspecified atom stereocenters. The fourth-order valence-electron chi connectivity index (χ4n) is 4.21. The number of aromatic nitrogens is 2. The van der Waals surface area contributed by atoms with Crippen molar-refractivity contribution in [3.8, 4) is 0 Å². The molecule has 0 radical (unpaired) electrons. The molecule has 1 heterocycles. The van der Waals surface area contributed by atoms with E-state index in [0.717, 1.165) is 12.8 Å². The molecule has 1 aromatic carbocycles. The first-order chi connectivity index (χ1) is 10.5. The van der Waals surface area contributed by atoms with Gasteiger partial charge in [0.05, 0.1) is 10.2 Å². The van der Waals surface area contributed by atoms with Gasteiger partial charge in [0.1, 0.15) is 11.3 Å². The van der Waals surface area contributed by atoms with Crippen molar-refractivity contribution in [2.75, 3.05) is 0 Å². The predicted octanol–water partition coefficient (Wildman–Crippen LogP) is 5.62. The molecule has 2 nitrogen and oxygen atoms in total. The molecule has 0 spiro atoms. The van der Waals surface area contributed by atoms with Crippen molar-refractivity contribution in [2.24, 2.45) is 11.8 Å². The summed E-state index contributed by atoms with van der Waals surface area (Å²) in [5.74, 6) is 0.292. The third-order valence-electron chi connectivity index (χ3n) is 5.10. The highest BCUT2D eigenvalue weighted by Crippen LogP contribution is 2.49. The van der Waals surface area contributed by atoms with E-state index < -0.39 is 11.6 Å². The lowest BCUT2D eigenvalue weighted by molar-refractivity contribution is 0.317. The molecule has 22 heavy (non-hydrogen) atoms. The quantitative estimate of drug-likeness (QED) is 0.469. The van der Waals surface area contributed by atoms with Crippen LogP contribution in [0.5, 0.6) is 0 Å². The molecule has 116 valence electrons. The van der Waals surface area contributed by atoms with Crippen molar-refractivity contribution in [1.29, 1.82) is 0 Å². The van der Waals surface area contributed by atoms with Crippen LogP contribution in [0.3, 0.4) is 0 Å². The second kappa shape index (κ2) is 5.38. The SMILES string of the molecule is Fc1cc2c(C3CC4CCC(C4)C3)nc(Cl)nc2c(F)c1Br. The van der Waals surface area contributed by atoms with E-state index in [0.29, 0.717) is 22.9 Å². The summed E-state index contributed by atoms with van der Waals surface area (Å²) in [6.45, 7) is 0. The first-order valence-corrected chi connectivity index (χ1v) is 8.70. The molecule has 6 heteroatoms. The highest BCUT2D eigenvalue weighted by molar-refractivity contribution is 9.10. The van der Waals surface area contributed by atoms with Gasteiger partial charge in [0.15, 0.2) is 5.82 Å². The summed E-state index contributed by atoms with van der Waals surface area (Å²) >= 11 is 8.92. The minimum atomic E-state index is -0.709. The molecular formula is C16H14BrClF2N2. The summed E-state index contributed by atoms with van der Waals surface area (Å²) < 4.78 is 28.1. The van der Waals surface area contributed by atoms with Crippen molar-refractivity contribution >= 4 is 38.4 Å². The van der Waals surface area contributed by atoms with E-state index in [9.17, 15) is 8.78 Å². The van der Waals surface area contributed by atoms with Crippen molar-refractivity contribution < 1.29 is 8.78 Å². The van der Waals surface area contributed by atoms with Gasteiger partial charge in [0, 0.05) is 11.3 Å². The maximum absolute atomic E-state index is 14.3. The normalized spacial score (nSPS) is 27.5. The largest absolute Gasteiger partial charge is 0.223 e. The van der Waals surface area contributed by atoms with Gasteiger partial charge >= 0.3 is 0 Å². The lowest BCUT2D eigenvalue weighted by atomic mass is 9.78. The van der Waals surface area contributed by atoms with Crippen LogP contribution in [-0.2, 0) is 0 Å². The maximum Gasteiger partial charge on any atom is 0.223 e. The average Bonchev–Trinajstić information content (AvgIpc) is 2.84. The Bertz CT molecular complexity index is 756. The second-order valence-corrected chi connectivity index (χ2v) is 7.60. The minimum Gasteiger partial charge on any atom is -0.222 e. The van der Waals surface area contributed by atoms with Crippen LogP contribution in [0.15, 0.2) is 10.5 Å². The van der Waals surface area contributed by atoms with Crippen LogP contribution in [0.2, 0.25) is 5.28 Å². The minimum absolute atomic E-state index is 0.0258. The number of fused-ring (bicyclic) bond motifs is 3. The fourth-order valence-corrected chi connectivity index (χ4v) is 4.69. The number of rotatable bonds is 1. The van der Waals surface area contributed by atoms with Gasteiger partial charge in [0.2, 0.25) is 5.28 Å². The molecule has 2 aromatic rings. The van der Waals surface area contributed by atoms with Gasteiger partial charge < -0.3 is 0 Å². The van der Waals surface area contributed by atoms with E-state index in [1.807, 2.05) is 0 Å². The van der Waals surface area contributed by atoms with E-state index >= 15 is 0 Å². The van der Waals surface area contributed by atoms with Crippen LogP contribution in [0.4, 0.5) is 8.78 Å². The molecule has 0 saturated heterocycles. The monoisotopic (exact) mass is 386 g/mol. The number of halogens is 4. The Balaban J connectivity index is 1.90. The predicted molar refractivity (Wildman–Crippen MR) is 85.0 cm³/mol. The Kier molecular flexibility index (Phi) is 3.61. The zero-order chi connectivity index (χ0) is 15.4. The second-order valence-electron chi connectivity index (χ2n) is 6.47.